The smallest absolute Gasteiger partial charge is 0.0707 e. The van der Waals surface area contributed by atoms with Crippen LogP contribution in [0, 0.1) is 5.92 Å². The Kier molecular flexibility index (Phi) is 4.94. The molecule has 1 nitrogen and oxygen atoms in total. The van der Waals surface area contributed by atoms with Crippen LogP contribution in [0.3, 0.4) is 0 Å². The van der Waals surface area contributed by atoms with Gasteiger partial charge in [-0.2, -0.15) is 0 Å². The maximum atomic E-state index is 11.7. The Labute approximate surface area is 152 Å². The Morgan fingerprint density at radius 2 is 1.36 bits per heavy atom. The van der Waals surface area contributed by atoms with Gasteiger partial charge in [-0.3, -0.25) is 0 Å². The van der Waals surface area contributed by atoms with E-state index in [1.54, 1.807) is 0 Å². The second-order valence-electron chi connectivity index (χ2n) is 8.10. The number of hydrogen-bond donors (Lipinski definition) is 1. The van der Waals surface area contributed by atoms with Gasteiger partial charge in [-0.1, -0.05) is 86.3 Å². The number of aliphatic hydroxyl groups excluding tert-OH is 1. The van der Waals surface area contributed by atoms with E-state index < -0.39 is 0 Å². The van der Waals surface area contributed by atoms with Gasteiger partial charge in [0.05, 0.1) is 6.10 Å². The van der Waals surface area contributed by atoms with Gasteiger partial charge in [0.15, 0.2) is 0 Å². The first-order chi connectivity index (χ1) is 12.3. The number of rotatable bonds is 3. The third-order valence-corrected chi connectivity index (χ3v) is 6.89. The minimum Gasteiger partial charge on any atom is -0.392 e. The van der Waals surface area contributed by atoms with Crippen molar-refractivity contribution in [3.8, 4) is 0 Å². The van der Waals surface area contributed by atoms with Crippen LogP contribution in [-0.4, -0.2) is 11.2 Å². The predicted molar refractivity (Wildman–Crippen MR) is 104 cm³/mol. The molecule has 0 saturated heterocycles. The molecular formula is C24H30O. The molecule has 2 aliphatic carbocycles. The Hall–Kier alpha value is -1.60. The standard InChI is InChI=1S/C24H30O/c25-23-22(19-11-4-1-5-12-19)17-10-18-24(23,20-13-6-2-7-14-20)21-15-8-3-9-16-21/h1-2,4-7,11-14,21-23,25H,3,8-10,15-18H2. The molecule has 0 radical (unpaired) electrons. The second kappa shape index (κ2) is 7.33. The molecule has 3 unspecified atom stereocenters. The van der Waals surface area contributed by atoms with E-state index in [4.69, 9.17) is 0 Å². The lowest BCUT2D eigenvalue weighted by Gasteiger charge is -2.52. The minimum absolute atomic E-state index is 0.0690. The van der Waals surface area contributed by atoms with Gasteiger partial charge >= 0.3 is 0 Å². The van der Waals surface area contributed by atoms with E-state index in [0.29, 0.717) is 5.92 Å². The first-order valence-corrected chi connectivity index (χ1v) is 10.1. The van der Waals surface area contributed by atoms with Gasteiger partial charge < -0.3 is 5.11 Å². The summed E-state index contributed by atoms with van der Waals surface area (Å²) in [6, 6.07) is 21.6. The van der Waals surface area contributed by atoms with Gasteiger partial charge in [0.25, 0.3) is 0 Å². The molecule has 1 N–H and O–H groups in total. The number of hydrogen-bond acceptors (Lipinski definition) is 1. The van der Waals surface area contributed by atoms with E-state index in [-0.39, 0.29) is 17.4 Å². The predicted octanol–water partition coefficient (Wildman–Crippen LogP) is 5.83. The topological polar surface area (TPSA) is 20.2 Å². The fourth-order valence-corrected chi connectivity index (χ4v) is 5.69. The molecule has 2 saturated carbocycles. The third-order valence-electron chi connectivity index (χ3n) is 6.89. The van der Waals surface area contributed by atoms with Gasteiger partial charge in [-0.25, -0.2) is 0 Å². The first kappa shape index (κ1) is 16.8. The van der Waals surface area contributed by atoms with E-state index in [1.165, 1.54) is 49.7 Å². The molecule has 0 bridgehead atoms. The van der Waals surface area contributed by atoms with Crippen molar-refractivity contribution in [2.24, 2.45) is 5.92 Å². The normalized spacial score (nSPS) is 30.9. The highest BCUT2D eigenvalue weighted by molar-refractivity contribution is 5.33. The van der Waals surface area contributed by atoms with Crippen LogP contribution in [-0.2, 0) is 5.41 Å². The maximum Gasteiger partial charge on any atom is 0.0707 e. The Balaban J connectivity index is 1.76. The van der Waals surface area contributed by atoms with Crippen LogP contribution < -0.4 is 0 Å². The fraction of sp³-hybridized carbons (Fsp3) is 0.500. The summed E-state index contributed by atoms with van der Waals surface area (Å²) in [5, 5.41) is 11.7. The third kappa shape index (κ3) is 3.04. The molecule has 4 rings (SSSR count). The highest BCUT2D eigenvalue weighted by atomic mass is 16.3. The van der Waals surface area contributed by atoms with Gasteiger partial charge in [0.1, 0.15) is 0 Å². The van der Waals surface area contributed by atoms with Gasteiger partial charge in [0, 0.05) is 11.3 Å². The molecule has 2 aliphatic rings. The van der Waals surface area contributed by atoms with Gasteiger partial charge in [-0.15, -0.1) is 0 Å². The first-order valence-electron chi connectivity index (χ1n) is 10.1. The van der Waals surface area contributed by atoms with Crippen molar-refractivity contribution < 1.29 is 5.11 Å². The molecule has 0 aromatic heterocycles. The molecule has 0 aliphatic heterocycles. The molecule has 2 aromatic rings. The Morgan fingerprint density at radius 1 is 0.720 bits per heavy atom. The Morgan fingerprint density at radius 3 is 2.04 bits per heavy atom. The molecule has 25 heavy (non-hydrogen) atoms. The second-order valence-corrected chi connectivity index (χ2v) is 8.10. The Bertz CT molecular complexity index is 659. The van der Waals surface area contributed by atoms with E-state index in [0.717, 1.165) is 12.8 Å². The molecular weight excluding hydrogens is 304 g/mol. The van der Waals surface area contributed by atoms with Crippen LogP contribution in [0.1, 0.15) is 68.4 Å². The van der Waals surface area contributed by atoms with Crippen molar-refractivity contribution in [2.45, 2.75) is 68.8 Å². The van der Waals surface area contributed by atoms with Crippen LogP contribution in [0.25, 0.3) is 0 Å². The zero-order chi connectivity index (χ0) is 17.1. The largest absolute Gasteiger partial charge is 0.392 e. The quantitative estimate of drug-likeness (QED) is 0.748. The molecule has 3 atom stereocenters. The molecule has 2 aromatic carbocycles. The van der Waals surface area contributed by atoms with Crippen LogP contribution in [0.4, 0.5) is 0 Å². The van der Waals surface area contributed by atoms with E-state index in [9.17, 15) is 5.11 Å². The maximum absolute atomic E-state index is 11.7. The summed E-state index contributed by atoms with van der Waals surface area (Å²) < 4.78 is 0. The van der Waals surface area contributed by atoms with Crippen molar-refractivity contribution in [1.29, 1.82) is 0 Å². The number of benzene rings is 2. The van der Waals surface area contributed by atoms with Crippen molar-refractivity contribution in [3.63, 3.8) is 0 Å². The van der Waals surface area contributed by atoms with Crippen LogP contribution in [0.5, 0.6) is 0 Å². The minimum atomic E-state index is -0.283. The van der Waals surface area contributed by atoms with E-state index in [1.807, 2.05) is 0 Å². The zero-order valence-electron chi connectivity index (χ0n) is 15.1. The zero-order valence-corrected chi connectivity index (χ0v) is 15.1. The van der Waals surface area contributed by atoms with Crippen LogP contribution in [0.15, 0.2) is 60.7 Å². The van der Waals surface area contributed by atoms with Crippen LogP contribution in [0.2, 0.25) is 0 Å². The molecule has 132 valence electrons. The van der Waals surface area contributed by atoms with Gasteiger partial charge in [0.2, 0.25) is 0 Å². The number of aliphatic hydroxyl groups is 1. The lowest BCUT2D eigenvalue weighted by molar-refractivity contribution is -0.0214. The summed E-state index contributed by atoms with van der Waals surface area (Å²) in [6.45, 7) is 0. The van der Waals surface area contributed by atoms with Crippen molar-refractivity contribution in [1.82, 2.24) is 0 Å². The molecule has 0 amide bonds. The summed E-state index contributed by atoms with van der Waals surface area (Å²) in [5.74, 6) is 0.877. The molecule has 0 heterocycles. The summed E-state index contributed by atoms with van der Waals surface area (Å²) in [4.78, 5) is 0. The lowest BCUT2D eigenvalue weighted by Crippen LogP contribution is -2.51. The molecule has 0 spiro atoms. The average molecular weight is 335 g/mol. The fourth-order valence-electron chi connectivity index (χ4n) is 5.69. The SMILES string of the molecule is OC1C(c2ccccc2)CCCC1(c1ccccc1)C1CCCCC1. The monoisotopic (exact) mass is 334 g/mol. The van der Waals surface area contributed by atoms with E-state index in [2.05, 4.69) is 60.7 Å². The summed E-state index contributed by atoms with van der Waals surface area (Å²) in [7, 11) is 0. The van der Waals surface area contributed by atoms with Crippen molar-refractivity contribution in [2.75, 3.05) is 0 Å². The molecule has 2 fully saturated rings. The summed E-state index contributed by atoms with van der Waals surface area (Å²) >= 11 is 0. The molecule has 1 heteroatoms. The van der Waals surface area contributed by atoms with Gasteiger partial charge in [-0.05, 0) is 42.7 Å². The highest BCUT2D eigenvalue weighted by Crippen LogP contribution is 2.53. The summed E-state index contributed by atoms with van der Waals surface area (Å²) in [5.41, 5.74) is 2.61. The summed E-state index contributed by atoms with van der Waals surface area (Å²) in [6.07, 6.45) is 9.71. The van der Waals surface area contributed by atoms with Crippen molar-refractivity contribution >= 4 is 0 Å². The lowest BCUT2D eigenvalue weighted by atomic mass is 9.54. The van der Waals surface area contributed by atoms with Crippen LogP contribution >= 0.6 is 0 Å². The highest BCUT2D eigenvalue weighted by Gasteiger charge is 2.50. The van der Waals surface area contributed by atoms with Crippen molar-refractivity contribution in [3.05, 3.63) is 71.8 Å². The average Bonchev–Trinajstić information content (AvgIpc) is 2.70. The van der Waals surface area contributed by atoms with E-state index >= 15 is 0 Å².